The summed E-state index contributed by atoms with van der Waals surface area (Å²) in [4.78, 5) is 20.8. The normalized spacial score (nSPS) is 12.6. The average molecular weight is 497 g/mol. The third-order valence-corrected chi connectivity index (χ3v) is 4.99. The van der Waals surface area contributed by atoms with Crippen LogP contribution in [0.3, 0.4) is 0 Å². The van der Waals surface area contributed by atoms with Gasteiger partial charge in [-0.05, 0) is 41.1 Å². The molecule has 7 nitrogen and oxygen atoms in total. The molecule has 0 saturated heterocycles. The van der Waals surface area contributed by atoms with Crippen LogP contribution in [0.4, 0.5) is 13.2 Å². The van der Waals surface area contributed by atoms with Gasteiger partial charge in [0.2, 0.25) is 5.13 Å². The van der Waals surface area contributed by atoms with Gasteiger partial charge in [0.15, 0.2) is 5.82 Å². The molecule has 2 heterocycles. The molecular weight excluding hydrogens is 487 g/mol. The molecule has 1 aromatic carbocycles. The molecule has 1 atom stereocenters. The van der Waals surface area contributed by atoms with Crippen LogP contribution in [0.2, 0.25) is 5.02 Å². The van der Waals surface area contributed by atoms with Crippen LogP contribution >= 0.6 is 38.9 Å². The van der Waals surface area contributed by atoms with Crippen LogP contribution in [0, 0.1) is 0 Å². The SMILES string of the molecule is C[C@H](NC(=O)c1cc(Cl)cc(OC(F)(F)F)c1)c1ncnn1-c1ncc(Br)s1. The largest absolute Gasteiger partial charge is 0.573 e. The fraction of sp³-hybridized carbons (Fsp3) is 0.200. The Morgan fingerprint density at radius 2 is 2.11 bits per heavy atom. The van der Waals surface area contributed by atoms with Crippen molar-refractivity contribution in [3.05, 3.63) is 50.9 Å². The van der Waals surface area contributed by atoms with E-state index in [1.165, 1.54) is 28.4 Å². The van der Waals surface area contributed by atoms with Crippen molar-refractivity contribution in [3.8, 4) is 10.9 Å². The highest BCUT2D eigenvalue weighted by molar-refractivity contribution is 9.11. The predicted molar refractivity (Wildman–Crippen MR) is 98.7 cm³/mol. The quantitative estimate of drug-likeness (QED) is 0.561. The number of nitrogens with zero attached hydrogens (tertiary/aromatic N) is 4. The summed E-state index contributed by atoms with van der Waals surface area (Å²) in [5, 5.41) is 7.18. The fourth-order valence-corrected chi connectivity index (χ4v) is 3.64. The minimum Gasteiger partial charge on any atom is -0.406 e. The summed E-state index contributed by atoms with van der Waals surface area (Å²) in [6.45, 7) is 1.65. The van der Waals surface area contributed by atoms with Crippen LogP contribution in [0.25, 0.3) is 5.13 Å². The minimum absolute atomic E-state index is 0.0737. The predicted octanol–water partition coefficient (Wildman–Crippen LogP) is 4.53. The van der Waals surface area contributed by atoms with Crippen molar-refractivity contribution in [3.63, 3.8) is 0 Å². The molecule has 13 heteroatoms. The maximum atomic E-state index is 12.5. The second-order valence-electron chi connectivity index (χ2n) is 5.40. The zero-order valence-corrected chi connectivity index (χ0v) is 17.0. The van der Waals surface area contributed by atoms with Gasteiger partial charge in [-0.15, -0.1) is 13.2 Å². The van der Waals surface area contributed by atoms with E-state index in [0.29, 0.717) is 11.0 Å². The minimum atomic E-state index is -4.90. The van der Waals surface area contributed by atoms with E-state index in [1.54, 1.807) is 13.1 Å². The van der Waals surface area contributed by atoms with Gasteiger partial charge in [-0.2, -0.15) is 9.78 Å². The van der Waals surface area contributed by atoms with Crippen molar-refractivity contribution >= 4 is 44.8 Å². The number of amides is 1. The summed E-state index contributed by atoms with van der Waals surface area (Å²) in [6, 6.07) is 2.52. The number of hydrogen-bond donors (Lipinski definition) is 1. The number of carbonyl (C=O) groups is 1. The molecule has 0 bridgehead atoms. The second kappa shape index (κ2) is 8.05. The first-order valence-electron chi connectivity index (χ1n) is 7.51. The number of halogens is 5. The van der Waals surface area contributed by atoms with Crippen LogP contribution in [0.1, 0.15) is 29.1 Å². The Hall–Kier alpha value is -2.18. The van der Waals surface area contributed by atoms with Gasteiger partial charge in [0, 0.05) is 10.6 Å². The molecule has 0 spiro atoms. The number of aromatic nitrogens is 4. The summed E-state index contributed by atoms with van der Waals surface area (Å²) >= 11 is 10.4. The summed E-state index contributed by atoms with van der Waals surface area (Å²) in [5.74, 6) is -0.852. The van der Waals surface area contributed by atoms with Crippen molar-refractivity contribution in [1.82, 2.24) is 25.1 Å². The highest BCUT2D eigenvalue weighted by Crippen LogP contribution is 2.28. The summed E-state index contributed by atoms with van der Waals surface area (Å²) in [7, 11) is 0. The summed E-state index contributed by atoms with van der Waals surface area (Å²) in [6.07, 6.45) is -1.99. The summed E-state index contributed by atoms with van der Waals surface area (Å²) < 4.78 is 43.3. The van der Waals surface area contributed by atoms with Crippen molar-refractivity contribution in [2.75, 3.05) is 0 Å². The monoisotopic (exact) mass is 495 g/mol. The Morgan fingerprint density at radius 3 is 2.75 bits per heavy atom. The van der Waals surface area contributed by atoms with Gasteiger partial charge >= 0.3 is 6.36 Å². The van der Waals surface area contributed by atoms with E-state index in [2.05, 4.69) is 41.1 Å². The van der Waals surface area contributed by atoms with Crippen LogP contribution in [-0.2, 0) is 0 Å². The zero-order chi connectivity index (χ0) is 20.5. The second-order valence-corrected chi connectivity index (χ2v) is 8.22. The number of carbonyl (C=O) groups excluding carboxylic acids is 1. The van der Waals surface area contributed by atoms with Gasteiger partial charge in [0.25, 0.3) is 5.91 Å². The lowest BCUT2D eigenvalue weighted by Gasteiger charge is -2.15. The van der Waals surface area contributed by atoms with E-state index >= 15 is 0 Å². The van der Waals surface area contributed by atoms with Crippen LogP contribution in [-0.4, -0.2) is 32.0 Å². The van der Waals surface area contributed by atoms with Crippen LogP contribution < -0.4 is 10.1 Å². The lowest BCUT2D eigenvalue weighted by atomic mass is 10.2. The Bertz CT molecular complexity index is 1010. The molecular formula is C15H10BrClF3N5O2S. The van der Waals surface area contributed by atoms with E-state index in [-0.39, 0.29) is 10.6 Å². The molecule has 28 heavy (non-hydrogen) atoms. The van der Waals surface area contributed by atoms with Crippen molar-refractivity contribution in [2.45, 2.75) is 19.3 Å². The molecule has 1 amide bonds. The number of nitrogens with one attached hydrogen (secondary N) is 1. The molecule has 0 unspecified atom stereocenters. The Labute approximate surface area is 173 Å². The van der Waals surface area contributed by atoms with Gasteiger partial charge < -0.3 is 10.1 Å². The molecule has 0 saturated carbocycles. The molecule has 0 radical (unpaired) electrons. The molecule has 0 aliphatic carbocycles. The van der Waals surface area contributed by atoms with Crippen molar-refractivity contribution < 1.29 is 22.7 Å². The highest BCUT2D eigenvalue weighted by atomic mass is 79.9. The fourth-order valence-electron chi connectivity index (χ4n) is 2.27. The first-order valence-corrected chi connectivity index (χ1v) is 9.50. The van der Waals surface area contributed by atoms with Crippen LogP contribution in [0.15, 0.2) is 34.5 Å². The molecule has 1 N–H and O–H groups in total. The zero-order valence-electron chi connectivity index (χ0n) is 13.9. The molecule has 2 aromatic heterocycles. The Kier molecular flexibility index (Phi) is 5.91. The molecule has 148 valence electrons. The van der Waals surface area contributed by atoms with Gasteiger partial charge in [-0.25, -0.2) is 9.97 Å². The highest BCUT2D eigenvalue weighted by Gasteiger charge is 2.31. The first-order chi connectivity index (χ1) is 13.1. The number of rotatable bonds is 5. The molecule has 0 fully saturated rings. The van der Waals surface area contributed by atoms with E-state index in [4.69, 9.17) is 11.6 Å². The Morgan fingerprint density at radius 1 is 1.36 bits per heavy atom. The van der Waals surface area contributed by atoms with E-state index in [1.807, 2.05) is 0 Å². The molecule has 3 rings (SSSR count). The number of benzene rings is 1. The van der Waals surface area contributed by atoms with Gasteiger partial charge in [0.05, 0.1) is 16.0 Å². The third-order valence-electron chi connectivity index (χ3n) is 3.32. The number of ether oxygens (including phenoxy) is 1. The molecule has 0 aliphatic rings. The number of alkyl halides is 3. The molecule has 0 aliphatic heterocycles. The lowest BCUT2D eigenvalue weighted by molar-refractivity contribution is -0.274. The van der Waals surface area contributed by atoms with E-state index in [9.17, 15) is 18.0 Å². The smallest absolute Gasteiger partial charge is 0.406 e. The maximum Gasteiger partial charge on any atom is 0.573 e. The van der Waals surface area contributed by atoms with Gasteiger partial charge in [-0.1, -0.05) is 22.9 Å². The topological polar surface area (TPSA) is 81.9 Å². The van der Waals surface area contributed by atoms with Crippen molar-refractivity contribution in [1.29, 1.82) is 0 Å². The van der Waals surface area contributed by atoms with E-state index in [0.717, 1.165) is 15.9 Å². The maximum absolute atomic E-state index is 12.5. The van der Waals surface area contributed by atoms with Gasteiger partial charge in [-0.3, -0.25) is 4.79 Å². The average Bonchev–Trinajstić information content (AvgIpc) is 3.21. The summed E-state index contributed by atoms with van der Waals surface area (Å²) in [5.41, 5.74) is -0.0957. The van der Waals surface area contributed by atoms with Crippen molar-refractivity contribution in [2.24, 2.45) is 0 Å². The lowest BCUT2D eigenvalue weighted by Crippen LogP contribution is -2.29. The Balaban J connectivity index is 1.80. The number of thiazole rings is 1. The number of hydrogen-bond acceptors (Lipinski definition) is 6. The van der Waals surface area contributed by atoms with E-state index < -0.39 is 24.1 Å². The van der Waals surface area contributed by atoms with Gasteiger partial charge in [0.1, 0.15) is 12.1 Å². The third kappa shape index (κ3) is 5.00. The van der Waals surface area contributed by atoms with Crippen LogP contribution in [0.5, 0.6) is 5.75 Å². The molecule has 3 aromatic rings. The standard InChI is InChI=1S/C15H10BrClF3N5O2S/c1-7(12-22-6-23-25(12)14-21-5-11(16)28-14)24-13(26)8-2-9(17)4-10(3-8)27-15(18,19)20/h2-7H,1H3,(H,24,26)/t7-/m0/s1. The first kappa shape index (κ1) is 20.6.